The second kappa shape index (κ2) is 8.76. The number of piperidine rings is 1. The van der Waals surface area contributed by atoms with Crippen molar-refractivity contribution in [2.75, 3.05) is 35.2 Å². The predicted molar refractivity (Wildman–Crippen MR) is 112 cm³/mol. The van der Waals surface area contributed by atoms with E-state index >= 15 is 0 Å². The van der Waals surface area contributed by atoms with Gasteiger partial charge in [0.15, 0.2) is 17.7 Å². The van der Waals surface area contributed by atoms with Crippen molar-refractivity contribution in [2.24, 2.45) is 0 Å². The minimum atomic E-state index is -4.57. The number of ether oxygens (including phenoxy) is 2. The van der Waals surface area contributed by atoms with Crippen LogP contribution < -0.4 is 20.3 Å². The topological polar surface area (TPSA) is 93.8 Å². The highest BCUT2D eigenvalue weighted by Crippen LogP contribution is 2.40. The number of nitrogens with zero attached hydrogens (tertiary/aromatic N) is 4. The van der Waals surface area contributed by atoms with Gasteiger partial charge in [-0.15, -0.1) is 0 Å². The Morgan fingerprint density at radius 1 is 1.12 bits per heavy atom. The van der Waals surface area contributed by atoms with Crippen LogP contribution in [0.25, 0.3) is 0 Å². The Labute approximate surface area is 191 Å². The Bertz CT molecular complexity index is 1080. The lowest BCUT2D eigenvalue weighted by Gasteiger charge is -2.50. The average Bonchev–Trinajstić information content (AvgIpc) is 2.75. The van der Waals surface area contributed by atoms with Crippen LogP contribution in [0.15, 0.2) is 24.3 Å². The molecule has 1 aromatic heterocycles. The number of nitrogen functional groups attached to an aromatic ring is 1. The molecule has 13 heteroatoms. The molecule has 1 spiro atoms. The molecule has 2 N–H and O–H groups in total. The lowest BCUT2D eigenvalue weighted by Crippen LogP contribution is -2.61. The summed E-state index contributed by atoms with van der Waals surface area (Å²) >= 11 is 0. The van der Waals surface area contributed by atoms with Crippen molar-refractivity contribution in [2.45, 2.75) is 44.0 Å². The van der Waals surface area contributed by atoms with Gasteiger partial charge in [-0.25, -0.2) is 13.6 Å². The first-order valence-electron chi connectivity index (χ1n) is 10.5. The monoisotopic (exact) mass is 487 g/mol. The molecule has 2 saturated heterocycles. The molecule has 2 aliphatic heterocycles. The van der Waals surface area contributed by atoms with Gasteiger partial charge < -0.3 is 20.1 Å². The van der Waals surface area contributed by atoms with E-state index < -0.39 is 35.5 Å². The summed E-state index contributed by atoms with van der Waals surface area (Å²) in [5, 5.41) is 0. The van der Waals surface area contributed by atoms with Gasteiger partial charge in [-0.1, -0.05) is 0 Å². The molecule has 1 atom stereocenters. The number of nitrogens with two attached hydrogens (primary N) is 1. The van der Waals surface area contributed by atoms with Crippen LogP contribution in [0.5, 0.6) is 5.88 Å². The van der Waals surface area contributed by atoms with E-state index in [0.717, 1.165) is 19.1 Å². The number of aromatic nitrogens is 2. The fourth-order valence-corrected chi connectivity index (χ4v) is 4.23. The molecule has 0 saturated carbocycles. The lowest BCUT2D eigenvalue weighted by atomic mass is 9.81. The number of amides is 1. The Balaban J connectivity index is 1.54. The van der Waals surface area contributed by atoms with Gasteiger partial charge >= 0.3 is 12.3 Å². The smallest absolute Gasteiger partial charge is 0.425 e. The molecule has 0 radical (unpaired) electrons. The van der Waals surface area contributed by atoms with E-state index in [4.69, 9.17) is 15.2 Å². The number of carbonyl (C=O) groups is 1. The minimum Gasteiger partial charge on any atom is -0.465 e. The molecule has 3 heterocycles. The summed E-state index contributed by atoms with van der Waals surface area (Å²) in [7, 11) is 0. The number of hydrogen-bond acceptors (Lipinski definition) is 7. The van der Waals surface area contributed by atoms with Crippen molar-refractivity contribution in [3.05, 3.63) is 35.9 Å². The van der Waals surface area contributed by atoms with E-state index in [9.17, 15) is 26.7 Å². The molecule has 1 amide bonds. The molecule has 8 nitrogen and oxygen atoms in total. The van der Waals surface area contributed by atoms with Crippen LogP contribution in [-0.2, 0) is 4.74 Å². The van der Waals surface area contributed by atoms with Gasteiger partial charge in [0.2, 0.25) is 11.8 Å². The summed E-state index contributed by atoms with van der Waals surface area (Å²) in [6, 6.07) is 4.49. The fraction of sp³-hybridized carbons (Fsp3) is 0.476. The van der Waals surface area contributed by atoms with Crippen LogP contribution in [0.3, 0.4) is 0 Å². The van der Waals surface area contributed by atoms with Crippen molar-refractivity contribution >= 4 is 23.5 Å². The first-order valence-corrected chi connectivity index (χ1v) is 10.5. The summed E-state index contributed by atoms with van der Waals surface area (Å²) in [4.78, 5) is 23.6. The summed E-state index contributed by atoms with van der Waals surface area (Å²) < 4.78 is 75.9. The SMILES string of the molecule is C[C@H](Oc1cc(N2CCC3(CCOC(=O)N3c3ccc(F)c(F)c3)CC2)nc(N)n1)C(F)(F)F. The molecule has 2 aromatic rings. The van der Waals surface area contributed by atoms with Crippen LogP contribution in [-0.4, -0.2) is 53.6 Å². The highest BCUT2D eigenvalue weighted by Gasteiger charge is 2.47. The standard InChI is InChI=1S/C21H22F5N5O3/c1-12(21(24,25)26)34-17-11-16(28-18(27)29-17)30-7-4-20(5-8-30)6-9-33-19(32)31(20)13-2-3-14(22)15(23)10-13/h2-3,10-12H,4-9H2,1H3,(H2,27,28,29)/t12-/m0/s1. The molecule has 0 bridgehead atoms. The summed E-state index contributed by atoms with van der Waals surface area (Å²) in [6.07, 6.45) is -6.02. The van der Waals surface area contributed by atoms with E-state index in [1.807, 2.05) is 0 Å². The minimum absolute atomic E-state index is 0.173. The summed E-state index contributed by atoms with van der Waals surface area (Å²) in [5.74, 6) is -2.38. The predicted octanol–water partition coefficient (Wildman–Crippen LogP) is 4.05. The maximum Gasteiger partial charge on any atom is 0.425 e. The second-order valence-corrected chi connectivity index (χ2v) is 8.23. The van der Waals surface area contributed by atoms with Crippen LogP contribution >= 0.6 is 0 Å². The molecule has 2 aliphatic rings. The van der Waals surface area contributed by atoms with Crippen molar-refractivity contribution in [3.63, 3.8) is 0 Å². The average molecular weight is 487 g/mol. The van der Waals surface area contributed by atoms with E-state index in [1.54, 1.807) is 4.90 Å². The van der Waals surface area contributed by atoms with Crippen LogP contribution in [0, 0.1) is 11.6 Å². The molecular formula is C21H22F5N5O3. The third kappa shape index (κ3) is 4.64. The van der Waals surface area contributed by atoms with E-state index in [-0.39, 0.29) is 29.9 Å². The van der Waals surface area contributed by atoms with Crippen molar-refractivity contribution in [1.29, 1.82) is 0 Å². The van der Waals surface area contributed by atoms with E-state index in [1.165, 1.54) is 17.0 Å². The van der Waals surface area contributed by atoms with Crippen LogP contribution in [0.2, 0.25) is 0 Å². The molecule has 0 aliphatic carbocycles. The number of rotatable bonds is 4. The maximum absolute atomic E-state index is 13.9. The third-order valence-corrected chi connectivity index (χ3v) is 6.09. The van der Waals surface area contributed by atoms with Crippen LogP contribution in [0.4, 0.5) is 44.2 Å². The number of alkyl halides is 3. The lowest BCUT2D eigenvalue weighted by molar-refractivity contribution is -0.189. The van der Waals surface area contributed by atoms with E-state index in [0.29, 0.717) is 32.4 Å². The van der Waals surface area contributed by atoms with Gasteiger partial charge in [-0.3, -0.25) is 4.90 Å². The zero-order chi connectivity index (χ0) is 24.7. The van der Waals surface area contributed by atoms with Crippen molar-refractivity contribution in [3.8, 4) is 5.88 Å². The Kier molecular flexibility index (Phi) is 6.13. The highest BCUT2D eigenvalue weighted by molar-refractivity contribution is 5.90. The van der Waals surface area contributed by atoms with Crippen molar-refractivity contribution in [1.82, 2.24) is 9.97 Å². The van der Waals surface area contributed by atoms with Crippen LogP contribution in [0.1, 0.15) is 26.2 Å². The van der Waals surface area contributed by atoms with E-state index in [2.05, 4.69) is 9.97 Å². The fourth-order valence-electron chi connectivity index (χ4n) is 4.23. The molecule has 2 fully saturated rings. The molecule has 34 heavy (non-hydrogen) atoms. The molecule has 184 valence electrons. The van der Waals surface area contributed by atoms with Crippen molar-refractivity contribution < 1.29 is 36.2 Å². The second-order valence-electron chi connectivity index (χ2n) is 8.23. The zero-order valence-electron chi connectivity index (χ0n) is 18.1. The largest absolute Gasteiger partial charge is 0.465 e. The number of anilines is 3. The first-order chi connectivity index (χ1) is 16.0. The third-order valence-electron chi connectivity index (χ3n) is 6.09. The quantitative estimate of drug-likeness (QED) is 0.651. The zero-order valence-corrected chi connectivity index (χ0v) is 18.1. The molecular weight excluding hydrogens is 465 g/mol. The number of halogens is 5. The molecule has 4 rings (SSSR count). The molecule has 1 aromatic carbocycles. The summed E-state index contributed by atoms with van der Waals surface area (Å²) in [6.45, 7) is 1.75. The Hall–Kier alpha value is -3.38. The molecule has 0 unspecified atom stereocenters. The van der Waals surface area contributed by atoms with Gasteiger partial charge in [0.05, 0.1) is 17.8 Å². The maximum atomic E-state index is 13.9. The number of hydrogen-bond donors (Lipinski definition) is 1. The van der Waals surface area contributed by atoms with Gasteiger partial charge in [-0.05, 0) is 31.9 Å². The van der Waals surface area contributed by atoms with Gasteiger partial charge in [0.1, 0.15) is 5.82 Å². The first kappa shape index (κ1) is 23.8. The Morgan fingerprint density at radius 3 is 2.47 bits per heavy atom. The summed E-state index contributed by atoms with van der Waals surface area (Å²) in [5.41, 5.74) is 5.16. The number of cyclic esters (lactones) is 1. The Morgan fingerprint density at radius 2 is 1.82 bits per heavy atom. The van der Waals surface area contributed by atoms with Gasteiger partial charge in [0, 0.05) is 31.6 Å². The number of benzene rings is 1. The highest BCUT2D eigenvalue weighted by atomic mass is 19.4. The van der Waals surface area contributed by atoms with Gasteiger partial charge in [-0.2, -0.15) is 23.1 Å². The van der Waals surface area contributed by atoms with Gasteiger partial charge in [0.25, 0.3) is 0 Å². The normalized spacial score (nSPS) is 19.2. The number of carbonyl (C=O) groups excluding carboxylic acids is 1.